The lowest BCUT2D eigenvalue weighted by molar-refractivity contribution is -0.134. The van der Waals surface area contributed by atoms with Crippen molar-refractivity contribution < 1.29 is 4.79 Å². The molecule has 0 bridgehead atoms. The van der Waals surface area contributed by atoms with Gasteiger partial charge < -0.3 is 11.1 Å². The number of nitrogens with one attached hydrogen (secondary N) is 1. The first-order valence-corrected chi connectivity index (χ1v) is 7.91. The highest BCUT2D eigenvalue weighted by Gasteiger charge is 2.43. The second-order valence-corrected chi connectivity index (χ2v) is 7.57. The first kappa shape index (κ1) is 14.8. The van der Waals surface area contributed by atoms with Gasteiger partial charge in [0.2, 0.25) is 5.91 Å². The highest BCUT2D eigenvalue weighted by molar-refractivity contribution is 5.83. The number of hydrogen-bond donors (Lipinski definition) is 2. The largest absolute Gasteiger partial charge is 0.352 e. The highest BCUT2D eigenvalue weighted by atomic mass is 16.2. The van der Waals surface area contributed by atoms with Crippen molar-refractivity contribution in [3.63, 3.8) is 0 Å². The smallest absolute Gasteiger partial charge is 0.227 e. The van der Waals surface area contributed by atoms with Crippen LogP contribution in [0.1, 0.15) is 65.7 Å². The van der Waals surface area contributed by atoms with E-state index in [1.807, 2.05) is 0 Å². The Morgan fingerprint density at radius 3 is 2.32 bits per heavy atom. The van der Waals surface area contributed by atoms with Crippen LogP contribution in [0.15, 0.2) is 0 Å². The normalized spacial score (nSPS) is 38.1. The lowest BCUT2D eigenvalue weighted by Gasteiger charge is -2.39. The molecular weight excluding hydrogens is 236 g/mol. The van der Waals surface area contributed by atoms with Crippen molar-refractivity contribution in [1.82, 2.24) is 5.32 Å². The zero-order chi connectivity index (χ0) is 14.1. The Bertz CT molecular complexity index is 330. The average Bonchev–Trinajstić information content (AvgIpc) is 2.70. The molecule has 0 heterocycles. The Labute approximate surface area is 117 Å². The third-order valence-electron chi connectivity index (χ3n) is 5.67. The molecule has 0 aromatic heterocycles. The van der Waals surface area contributed by atoms with E-state index in [9.17, 15) is 4.79 Å². The van der Waals surface area contributed by atoms with E-state index in [-0.39, 0.29) is 16.7 Å². The van der Waals surface area contributed by atoms with Crippen molar-refractivity contribution in [2.45, 2.75) is 71.8 Å². The van der Waals surface area contributed by atoms with E-state index in [1.54, 1.807) is 0 Å². The van der Waals surface area contributed by atoms with Crippen molar-refractivity contribution in [1.29, 1.82) is 0 Å². The maximum Gasteiger partial charge on any atom is 0.227 e. The second-order valence-electron chi connectivity index (χ2n) is 7.57. The molecule has 3 N–H and O–H groups in total. The predicted octanol–water partition coefficient (Wildman–Crippen LogP) is 2.84. The Kier molecular flexibility index (Phi) is 4.24. The lowest BCUT2D eigenvalue weighted by Crippen LogP contribution is -2.52. The minimum absolute atomic E-state index is 0.224. The summed E-state index contributed by atoms with van der Waals surface area (Å²) in [4.78, 5) is 12.7. The van der Waals surface area contributed by atoms with Crippen LogP contribution >= 0.6 is 0 Å². The molecule has 0 aliphatic heterocycles. The van der Waals surface area contributed by atoms with E-state index in [2.05, 4.69) is 26.1 Å². The molecule has 1 unspecified atom stereocenters. The molecule has 19 heavy (non-hydrogen) atoms. The van der Waals surface area contributed by atoms with Crippen molar-refractivity contribution in [3.05, 3.63) is 0 Å². The van der Waals surface area contributed by atoms with E-state index >= 15 is 0 Å². The average molecular weight is 266 g/mol. The quantitative estimate of drug-likeness (QED) is 0.825. The number of hydrogen-bond acceptors (Lipinski definition) is 2. The molecule has 1 amide bonds. The van der Waals surface area contributed by atoms with Gasteiger partial charge in [-0.2, -0.15) is 0 Å². The minimum atomic E-state index is -0.287. The summed E-state index contributed by atoms with van der Waals surface area (Å²) >= 11 is 0. The molecule has 3 nitrogen and oxygen atoms in total. The van der Waals surface area contributed by atoms with Crippen LogP contribution in [0.4, 0.5) is 0 Å². The lowest BCUT2D eigenvalue weighted by atomic mass is 9.70. The minimum Gasteiger partial charge on any atom is -0.352 e. The summed E-state index contributed by atoms with van der Waals surface area (Å²) in [6.45, 7) is 7.31. The van der Waals surface area contributed by atoms with E-state index < -0.39 is 0 Å². The molecular formula is C16H30N2O. The van der Waals surface area contributed by atoms with Gasteiger partial charge in [-0.25, -0.2) is 0 Å². The van der Waals surface area contributed by atoms with Crippen LogP contribution in [0.5, 0.6) is 0 Å². The molecule has 3 heteroatoms. The van der Waals surface area contributed by atoms with E-state index in [4.69, 9.17) is 5.73 Å². The monoisotopic (exact) mass is 266 g/mol. The van der Waals surface area contributed by atoms with Gasteiger partial charge in [0, 0.05) is 12.6 Å². The maximum atomic E-state index is 12.7. The molecule has 2 saturated carbocycles. The molecule has 2 fully saturated rings. The maximum absolute atomic E-state index is 12.7. The standard InChI is InChI=1S/C16H30N2O/c1-12-6-9-16(11-17,10-7-12)14(19)18-13-5-4-8-15(13,2)3/h12-13H,4-11,17H2,1-3H3,(H,18,19). The van der Waals surface area contributed by atoms with Crippen LogP contribution in [-0.4, -0.2) is 18.5 Å². The van der Waals surface area contributed by atoms with Gasteiger partial charge in [0.25, 0.3) is 0 Å². The molecule has 0 aromatic rings. The van der Waals surface area contributed by atoms with Crippen LogP contribution in [0.3, 0.4) is 0 Å². The Balaban J connectivity index is 2.01. The molecule has 0 radical (unpaired) electrons. The zero-order valence-corrected chi connectivity index (χ0v) is 12.8. The number of nitrogens with two attached hydrogens (primary N) is 1. The first-order valence-electron chi connectivity index (χ1n) is 7.91. The molecule has 2 aliphatic rings. The van der Waals surface area contributed by atoms with Gasteiger partial charge in [-0.15, -0.1) is 0 Å². The van der Waals surface area contributed by atoms with Crippen LogP contribution < -0.4 is 11.1 Å². The Hall–Kier alpha value is -0.570. The molecule has 0 saturated heterocycles. The zero-order valence-electron chi connectivity index (χ0n) is 12.8. The number of carbonyl (C=O) groups excluding carboxylic acids is 1. The SMILES string of the molecule is CC1CCC(CN)(C(=O)NC2CCCC2(C)C)CC1. The molecule has 0 aromatic carbocycles. The van der Waals surface area contributed by atoms with Crippen molar-refractivity contribution in [2.75, 3.05) is 6.54 Å². The van der Waals surface area contributed by atoms with E-state index in [0.29, 0.717) is 12.6 Å². The van der Waals surface area contributed by atoms with Crippen molar-refractivity contribution in [2.24, 2.45) is 22.5 Å². The highest BCUT2D eigenvalue weighted by Crippen LogP contribution is 2.41. The number of carbonyl (C=O) groups is 1. The van der Waals surface area contributed by atoms with Crippen LogP contribution in [0.25, 0.3) is 0 Å². The fourth-order valence-corrected chi connectivity index (χ4v) is 3.74. The second kappa shape index (κ2) is 5.43. The van der Waals surface area contributed by atoms with E-state index in [0.717, 1.165) is 38.0 Å². The van der Waals surface area contributed by atoms with Crippen molar-refractivity contribution in [3.8, 4) is 0 Å². The van der Waals surface area contributed by atoms with Gasteiger partial charge in [0.15, 0.2) is 0 Å². The van der Waals surface area contributed by atoms with E-state index in [1.165, 1.54) is 12.8 Å². The Morgan fingerprint density at radius 2 is 1.84 bits per heavy atom. The topological polar surface area (TPSA) is 55.1 Å². The summed E-state index contributed by atoms with van der Waals surface area (Å²) in [5, 5.41) is 3.33. The molecule has 0 spiro atoms. The number of amides is 1. The van der Waals surface area contributed by atoms with Gasteiger partial charge in [-0.1, -0.05) is 27.2 Å². The van der Waals surface area contributed by atoms with Gasteiger partial charge in [-0.3, -0.25) is 4.79 Å². The van der Waals surface area contributed by atoms with Crippen LogP contribution in [-0.2, 0) is 4.79 Å². The van der Waals surface area contributed by atoms with Crippen LogP contribution in [0.2, 0.25) is 0 Å². The first-order chi connectivity index (χ1) is 8.89. The summed E-state index contributed by atoms with van der Waals surface area (Å²) in [6.07, 6.45) is 7.76. The van der Waals surface area contributed by atoms with Gasteiger partial charge in [0.05, 0.1) is 5.41 Å². The molecule has 1 atom stereocenters. The summed E-state index contributed by atoms with van der Waals surface area (Å²) < 4.78 is 0. The van der Waals surface area contributed by atoms with Crippen LogP contribution in [0, 0.1) is 16.7 Å². The number of rotatable bonds is 3. The molecule has 2 aliphatic carbocycles. The third-order valence-corrected chi connectivity index (χ3v) is 5.67. The van der Waals surface area contributed by atoms with Gasteiger partial charge in [0.1, 0.15) is 0 Å². The fourth-order valence-electron chi connectivity index (χ4n) is 3.74. The summed E-state index contributed by atoms with van der Waals surface area (Å²) in [5.74, 6) is 0.970. The Morgan fingerprint density at radius 1 is 1.21 bits per heavy atom. The predicted molar refractivity (Wildman–Crippen MR) is 78.7 cm³/mol. The summed E-state index contributed by atoms with van der Waals surface area (Å²) in [5.41, 5.74) is 5.92. The molecule has 2 rings (SSSR count). The molecule has 110 valence electrons. The third kappa shape index (κ3) is 2.96. The summed E-state index contributed by atoms with van der Waals surface area (Å²) in [6, 6.07) is 0.336. The summed E-state index contributed by atoms with van der Waals surface area (Å²) in [7, 11) is 0. The van der Waals surface area contributed by atoms with Gasteiger partial charge >= 0.3 is 0 Å². The van der Waals surface area contributed by atoms with Crippen molar-refractivity contribution >= 4 is 5.91 Å². The fraction of sp³-hybridized carbons (Fsp3) is 0.938. The van der Waals surface area contributed by atoms with Gasteiger partial charge in [-0.05, 0) is 49.9 Å².